The number of hydrogen-bond donors (Lipinski definition) is 2. The highest BCUT2D eigenvalue weighted by Gasteiger charge is 2.03. The Bertz CT molecular complexity index is 835. The third kappa shape index (κ3) is 4.87. The molecule has 6 nitrogen and oxygen atoms in total. The maximum absolute atomic E-state index is 13.1. The van der Waals surface area contributed by atoms with Gasteiger partial charge in [0.25, 0.3) is 0 Å². The Morgan fingerprint density at radius 3 is 2.84 bits per heavy atom. The van der Waals surface area contributed by atoms with E-state index in [1.807, 2.05) is 29.0 Å². The van der Waals surface area contributed by atoms with Crippen LogP contribution in [0.15, 0.2) is 61.2 Å². The summed E-state index contributed by atoms with van der Waals surface area (Å²) in [5.41, 5.74) is 1.58. The second-order valence-corrected chi connectivity index (χ2v) is 5.45. The molecule has 0 spiro atoms. The van der Waals surface area contributed by atoms with E-state index in [9.17, 15) is 9.18 Å². The van der Waals surface area contributed by atoms with Crippen molar-refractivity contribution >= 4 is 6.03 Å². The normalized spacial score (nSPS) is 10.4. The Morgan fingerprint density at radius 2 is 2.04 bits per heavy atom. The molecule has 2 heterocycles. The van der Waals surface area contributed by atoms with Crippen LogP contribution in [-0.2, 0) is 13.0 Å². The van der Waals surface area contributed by atoms with Crippen molar-refractivity contribution in [2.45, 2.75) is 13.0 Å². The van der Waals surface area contributed by atoms with Gasteiger partial charge in [-0.2, -0.15) is 0 Å². The molecule has 7 heteroatoms. The summed E-state index contributed by atoms with van der Waals surface area (Å²) >= 11 is 0. The molecule has 0 aliphatic carbocycles. The Labute approximate surface area is 144 Å². The van der Waals surface area contributed by atoms with Gasteiger partial charge in [-0.1, -0.05) is 18.2 Å². The van der Waals surface area contributed by atoms with Crippen LogP contribution < -0.4 is 10.6 Å². The fourth-order valence-corrected chi connectivity index (χ4v) is 2.34. The third-order valence-electron chi connectivity index (χ3n) is 3.57. The third-order valence-corrected chi connectivity index (χ3v) is 3.57. The van der Waals surface area contributed by atoms with Gasteiger partial charge < -0.3 is 10.6 Å². The number of pyridine rings is 1. The Kier molecular flexibility index (Phi) is 5.36. The lowest BCUT2D eigenvalue weighted by molar-refractivity contribution is 0.240. The van der Waals surface area contributed by atoms with Crippen LogP contribution in [0.1, 0.15) is 11.3 Å². The number of aromatic nitrogens is 3. The highest BCUT2D eigenvalue weighted by atomic mass is 19.1. The molecule has 1 aromatic carbocycles. The minimum atomic E-state index is -0.316. The van der Waals surface area contributed by atoms with Gasteiger partial charge in [0.05, 0.1) is 0 Å². The van der Waals surface area contributed by atoms with Crippen LogP contribution in [0.3, 0.4) is 0 Å². The average Bonchev–Trinajstić information content (AvgIpc) is 3.15. The van der Waals surface area contributed by atoms with Crippen LogP contribution in [0.5, 0.6) is 0 Å². The molecule has 2 aromatic heterocycles. The Balaban J connectivity index is 1.45. The van der Waals surface area contributed by atoms with E-state index in [1.54, 1.807) is 24.7 Å². The van der Waals surface area contributed by atoms with Crippen LogP contribution in [0.4, 0.5) is 9.18 Å². The van der Waals surface area contributed by atoms with Crippen molar-refractivity contribution in [1.29, 1.82) is 0 Å². The molecule has 128 valence electrons. The van der Waals surface area contributed by atoms with Crippen LogP contribution in [0.25, 0.3) is 5.82 Å². The highest BCUT2D eigenvalue weighted by Crippen LogP contribution is 2.05. The standard InChI is InChI=1S/C18H18FN5O/c19-15-4-1-3-14(11-15)12-22-18(25)21-8-7-16-5-2-6-17(23-16)24-10-9-20-13-24/h1-6,9-11,13H,7-8,12H2,(H2,21,22,25). The quantitative estimate of drug-likeness (QED) is 0.725. The lowest BCUT2D eigenvalue weighted by atomic mass is 10.2. The molecular formula is C18H18FN5O. The molecule has 0 fully saturated rings. The first-order valence-electron chi connectivity index (χ1n) is 7.91. The van der Waals surface area contributed by atoms with Gasteiger partial charge in [-0.15, -0.1) is 0 Å². The number of nitrogens with zero attached hydrogens (tertiary/aromatic N) is 3. The number of rotatable bonds is 6. The average molecular weight is 339 g/mol. The van der Waals surface area contributed by atoms with Crippen molar-refractivity contribution in [3.63, 3.8) is 0 Å². The molecular weight excluding hydrogens is 321 g/mol. The molecule has 0 aliphatic rings. The number of nitrogens with one attached hydrogen (secondary N) is 2. The van der Waals surface area contributed by atoms with E-state index in [0.717, 1.165) is 11.5 Å². The number of halogens is 1. The fraction of sp³-hybridized carbons (Fsp3) is 0.167. The van der Waals surface area contributed by atoms with E-state index in [4.69, 9.17) is 0 Å². The van der Waals surface area contributed by atoms with Gasteiger partial charge in [0.1, 0.15) is 18.0 Å². The van der Waals surface area contributed by atoms with Crippen LogP contribution in [0, 0.1) is 5.82 Å². The van der Waals surface area contributed by atoms with Gasteiger partial charge >= 0.3 is 6.03 Å². The maximum atomic E-state index is 13.1. The summed E-state index contributed by atoms with van der Waals surface area (Å²) in [4.78, 5) is 20.3. The summed E-state index contributed by atoms with van der Waals surface area (Å²) in [5, 5.41) is 5.46. The van der Waals surface area contributed by atoms with Crippen LogP contribution in [0.2, 0.25) is 0 Å². The summed E-state index contributed by atoms with van der Waals surface area (Å²) in [7, 11) is 0. The Hall–Kier alpha value is -3.22. The SMILES string of the molecule is O=C(NCCc1cccc(-n2ccnc2)n1)NCc1cccc(F)c1. The van der Waals surface area contributed by atoms with Crippen LogP contribution >= 0.6 is 0 Å². The number of amides is 2. The second-order valence-electron chi connectivity index (χ2n) is 5.45. The lowest BCUT2D eigenvalue weighted by Gasteiger charge is -2.08. The number of imidazole rings is 1. The molecule has 25 heavy (non-hydrogen) atoms. The lowest BCUT2D eigenvalue weighted by Crippen LogP contribution is -2.36. The predicted octanol–water partition coefficient (Wildman–Crippen LogP) is 2.45. The molecule has 0 aliphatic heterocycles. The van der Waals surface area contributed by atoms with Crippen molar-refractivity contribution in [2.75, 3.05) is 6.54 Å². The maximum Gasteiger partial charge on any atom is 0.315 e. The molecule has 0 atom stereocenters. The summed E-state index contributed by atoms with van der Waals surface area (Å²) in [6.07, 6.45) is 5.81. The first-order valence-corrected chi connectivity index (χ1v) is 7.91. The molecule has 0 radical (unpaired) electrons. The van der Waals surface area contributed by atoms with E-state index < -0.39 is 0 Å². The zero-order valence-corrected chi connectivity index (χ0v) is 13.5. The summed E-state index contributed by atoms with van der Waals surface area (Å²) in [6.45, 7) is 0.729. The molecule has 0 bridgehead atoms. The van der Waals surface area contributed by atoms with Gasteiger partial charge in [-0.25, -0.2) is 19.2 Å². The number of carbonyl (C=O) groups excluding carboxylic acids is 1. The van der Waals surface area contributed by atoms with E-state index in [-0.39, 0.29) is 18.4 Å². The number of hydrogen-bond acceptors (Lipinski definition) is 3. The predicted molar refractivity (Wildman–Crippen MR) is 91.7 cm³/mol. The molecule has 0 unspecified atom stereocenters. The fourth-order valence-electron chi connectivity index (χ4n) is 2.34. The van der Waals surface area contributed by atoms with Crippen molar-refractivity contribution in [2.24, 2.45) is 0 Å². The number of benzene rings is 1. The molecule has 2 amide bonds. The summed E-state index contributed by atoms with van der Waals surface area (Å²) in [6, 6.07) is 11.6. The van der Waals surface area contributed by atoms with Gasteiger partial charge in [0.15, 0.2) is 0 Å². The zero-order valence-electron chi connectivity index (χ0n) is 13.5. The van der Waals surface area contributed by atoms with E-state index >= 15 is 0 Å². The van der Waals surface area contributed by atoms with Gasteiger partial charge in [0.2, 0.25) is 0 Å². The molecule has 0 saturated carbocycles. The molecule has 3 aromatic rings. The summed E-state index contributed by atoms with van der Waals surface area (Å²) in [5.74, 6) is 0.467. The first kappa shape index (κ1) is 16.6. The second kappa shape index (κ2) is 8.05. The Morgan fingerprint density at radius 1 is 1.16 bits per heavy atom. The van der Waals surface area contributed by atoms with E-state index in [2.05, 4.69) is 20.6 Å². The smallest absolute Gasteiger partial charge is 0.315 e. The highest BCUT2D eigenvalue weighted by molar-refractivity contribution is 5.73. The van der Waals surface area contributed by atoms with Crippen molar-refractivity contribution < 1.29 is 9.18 Å². The number of carbonyl (C=O) groups is 1. The minimum absolute atomic E-state index is 0.276. The molecule has 0 saturated heterocycles. The first-order chi connectivity index (χ1) is 12.2. The van der Waals surface area contributed by atoms with Crippen molar-refractivity contribution in [3.8, 4) is 5.82 Å². The minimum Gasteiger partial charge on any atom is -0.338 e. The largest absolute Gasteiger partial charge is 0.338 e. The monoisotopic (exact) mass is 339 g/mol. The van der Waals surface area contributed by atoms with Crippen molar-refractivity contribution in [1.82, 2.24) is 25.2 Å². The van der Waals surface area contributed by atoms with Crippen LogP contribution in [-0.4, -0.2) is 27.1 Å². The summed E-state index contributed by atoms with van der Waals surface area (Å²) < 4.78 is 14.9. The van der Waals surface area contributed by atoms with E-state index in [0.29, 0.717) is 18.5 Å². The molecule has 3 rings (SSSR count). The van der Waals surface area contributed by atoms with Gasteiger partial charge in [-0.05, 0) is 29.8 Å². The molecule has 2 N–H and O–H groups in total. The number of urea groups is 1. The van der Waals surface area contributed by atoms with Gasteiger partial charge in [0, 0.05) is 37.6 Å². The topological polar surface area (TPSA) is 71.8 Å². The van der Waals surface area contributed by atoms with Crippen molar-refractivity contribution in [3.05, 3.63) is 78.3 Å². The van der Waals surface area contributed by atoms with Gasteiger partial charge in [-0.3, -0.25) is 4.57 Å². The van der Waals surface area contributed by atoms with E-state index in [1.165, 1.54) is 12.1 Å². The zero-order chi connectivity index (χ0) is 17.5.